The van der Waals surface area contributed by atoms with E-state index in [9.17, 15) is 4.79 Å². The fourth-order valence-electron chi connectivity index (χ4n) is 2.32. The topological polar surface area (TPSA) is 68.5 Å². The molecule has 27 heavy (non-hydrogen) atoms. The van der Waals surface area contributed by atoms with Crippen molar-refractivity contribution < 1.29 is 13.9 Å². The van der Waals surface area contributed by atoms with E-state index >= 15 is 0 Å². The van der Waals surface area contributed by atoms with Crippen LogP contribution in [-0.4, -0.2) is 33.8 Å². The molecule has 0 aliphatic carbocycles. The Bertz CT molecular complexity index is 894. The van der Waals surface area contributed by atoms with Gasteiger partial charge in [-0.3, -0.25) is 4.79 Å². The van der Waals surface area contributed by atoms with Gasteiger partial charge in [-0.25, -0.2) is 0 Å². The second-order valence-electron chi connectivity index (χ2n) is 6.14. The third-order valence-corrected chi connectivity index (χ3v) is 5.53. The van der Waals surface area contributed by atoms with Gasteiger partial charge in [0, 0.05) is 11.9 Å². The van der Waals surface area contributed by atoms with Gasteiger partial charge in [0.1, 0.15) is 5.75 Å². The largest absolute Gasteiger partial charge is 0.484 e. The Labute approximate surface area is 166 Å². The van der Waals surface area contributed by atoms with Crippen molar-refractivity contribution in [3.8, 4) is 5.75 Å². The molecular weight excluding hydrogens is 382 g/mol. The Morgan fingerprint density at radius 1 is 1.30 bits per heavy atom. The van der Waals surface area contributed by atoms with Crippen LogP contribution in [-0.2, 0) is 17.9 Å². The van der Waals surface area contributed by atoms with Gasteiger partial charge in [0.05, 0.1) is 12.3 Å². The van der Waals surface area contributed by atoms with Crippen LogP contribution in [0.4, 0.5) is 0 Å². The molecule has 142 valence electrons. The van der Waals surface area contributed by atoms with Crippen LogP contribution in [0.1, 0.15) is 21.9 Å². The maximum Gasteiger partial charge on any atom is 0.277 e. The molecule has 0 radical (unpaired) electrons. The molecule has 0 bridgehead atoms. The summed E-state index contributed by atoms with van der Waals surface area (Å²) in [6.07, 6.45) is 0. The highest BCUT2D eigenvalue weighted by Gasteiger charge is 2.14. The van der Waals surface area contributed by atoms with E-state index in [-0.39, 0.29) is 18.3 Å². The number of hydrogen-bond donors (Lipinski definition) is 0. The molecule has 0 fully saturated rings. The van der Waals surface area contributed by atoms with Gasteiger partial charge in [-0.2, -0.15) is 0 Å². The quantitative estimate of drug-likeness (QED) is 0.528. The molecule has 2 heterocycles. The third-order valence-electron chi connectivity index (χ3n) is 3.86. The van der Waals surface area contributed by atoms with E-state index < -0.39 is 0 Å². The van der Waals surface area contributed by atoms with Gasteiger partial charge in [-0.05, 0) is 42.5 Å². The van der Waals surface area contributed by atoms with Gasteiger partial charge in [-0.15, -0.1) is 21.5 Å². The van der Waals surface area contributed by atoms with E-state index in [2.05, 4.69) is 10.2 Å². The standard InChI is InChI=1S/C19H21N3O3S2/c1-13-6-7-14(2)16(9-13)24-11-17-20-21-19(25-17)27-12-18(23)22(3)10-15-5-4-8-26-15/h4-9H,10-12H2,1-3H3. The second kappa shape index (κ2) is 9.05. The SMILES string of the molecule is Cc1ccc(C)c(OCc2nnc(SCC(=O)N(C)Cc3cccs3)o2)c1. The molecule has 0 N–H and O–H groups in total. The summed E-state index contributed by atoms with van der Waals surface area (Å²) in [5.74, 6) is 1.45. The first kappa shape index (κ1) is 19.4. The summed E-state index contributed by atoms with van der Waals surface area (Å²) in [4.78, 5) is 15.1. The maximum absolute atomic E-state index is 12.2. The summed E-state index contributed by atoms with van der Waals surface area (Å²) in [5, 5.41) is 10.3. The van der Waals surface area contributed by atoms with Crippen molar-refractivity contribution in [1.82, 2.24) is 15.1 Å². The van der Waals surface area contributed by atoms with Crippen LogP contribution >= 0.6 is 23.1 Å². The normalized spacial score (nSPS) is 10.8. The monoisotopic (exact) mass is 403 g/mol. The lowest BCUT2D eigenvalue weighted by Crippen LogP contribution is -2.27. The molecule has 3 rings (SSSR count). The predicted molar refractivity (Wildman–Crippen MR) is 106 cm³/mol. The lowest BCUT2D eigenvalue weighted by Gasteiger charge is -2.15. The van der Waals surface area contributed by atoms with Crippen molar-refractivity contribution in [1.29, 1.82) is 0 Å². The minimum Gasteiger partial charge on any atom is -0.484 e. The molecule has 0 atom stereocenters. The molecule has 3 aromatic rings. The van der Waals surface area contributed by atoms with Crippen molar-refractivity contribution in [3.05, 3.63) is 57.6 Å². The number of aromatic nitrogens is 2. The number of nitrogens with zero attached hydrogens (tertiary/aromatic N) is 3. The lowest BCUT2D eigenvalue weighted by atomic mass is 10.1. The van der Waals surface area contributed by atoms with Crippen molar-refractivity contribution in [2.24, 2.45) is 0 Å². The average molecular weight is 404 g/mol. The zero-order chi connectivity index (χ0) is 19.2. The zero-order valence-corrected chi connectivity index (χ0v) is 17.1. The first-order valence-corrected chi connectivity index (χ1v) is 10.3. The molecule has 1 amide bonds. The van der Waals surface area contributed by atoms with E-state index in [1.54, 1.807) is 23.3 Å². The van der Waals surface area contributed by atoms with Crippen LogP contribution in [0.25, 0.3) is 0 Å². The van der Waals surface area contributed by atoms with Crippen molar-refractivity contribution in [3.63, 3.8) is 0 Å². The Hall–Kier alpha value is -2.32. The van der Waals surface area contributed by atoms with Gasteiger partial charge in [0.15, 0.2) is 6.61 Å². The molecule has 0 saturated heterocycles. The van der Waals surface area contributed by atoms with Gasteiger partial charge in [0.2, 0.25) is 5.91 Å². The smallest absolute Gasteiger partial charge is 0.277 e. The van der Waals surface area contributed by atoms with E-state index in [1.165, 1.54) is 11.8 Å². The Morgan fingerprint density at radius 3 is 2.93 bits per heavy atom. The lowest BCUT2D eigenvalue weighted by molar-refractivity contribution is -0.127. The van der Waals surface area contributed by atoms with E-state index in [0.29, 0.717) is 17.7 Å². The number of aryl methyl sites for hydroxylation is 2. The van der Waals surface area contributed by atoms with Gasteiger partial charge < -0.3 is 14.1 Å². The Morgan fingerprint density at radius 2 is 2.15 bits per heavy atom. The number of benzene rings is 1. The molecule has 1 aromatic carbocycles. The molecular formula is C19H21N3O3S2. The predicted octanol–water partition coefficient (Wildman–Crippen LogP) is 4.08. The van der Waals surface area contributed by atoms with Crippen LogP contribution < -0.4 is 4.74 Å². The van der Waals surface area contributed by atoms with Crippen LogP contribution in [0.3, 0.4) is 0 Å². The van der Waals surface area contributed by atoms with Crippen LogP contribution in [0, 0.1) is 13.8 Å². The summed E-state index contributed by atoms with van der Waals surface area (Å²) in [7, 11) is 1.79. The fraction of sp³-hybridized carbons (Fsp3) is 0.316. The first-order valence-electron chi connectivity index (χ1n) is 8.43. The summed E-state index contributed by atoms with van der Waals surface area (Å²) in [6.45, 7) is 4.81. The number of ether oxygens (including phenoxy) is 1. The number of carbonyl (C=O) groups is 1. The summed E-state index contributed by atoms with van der Waals surface area (Å²) >= 11 is 2.87. The number of carbonyl (C=O) groups excluding carboxylic acids is 1. The molecule has 8 heteroatoms. The Kier molecular flexibility index (Phi) is 6.52. The number of hydrogen-bond acceptors (Lipinski definition) is 7. The van der Waals surface area contributed by atoms with Crippen molar-refractivity contribution >= 4 is 29.0 Å². The van der Waals surface area contributed by atoms with Crippen molar-refractivity contribution in [2.75, 3.05) is 12.8 Å². The number of amides is 1. The van der Waals surface area contributed by atoms with Crippen LogP contribution in [0.2, 0.25) is 0 Å². The van der Waals surface area contributed by atoms with Gasteiger partial charge in [-0.1, -0.05) is 30.0 Å². The highest BCUT2D eigenvalue weighted by Crippen LogP contribution is 2.22. The third kappa shape index (κ3) is 5.58. The zero-order valence-electron chi connectivity index (χ0n) is 15.5. The summed E-state index contributed by atoms with van der Waals surface area (Å²) in [6, 6.07) is 10.0. The highest BCUT2D eigenvalue weighted by molar-refractivity contribution is 7.99. The van der Waals surface area contributed by atoms with Crippen molar-refractivity contribution in [2.45, 2.75) is 32.2 Å². The number of thiophene rings is 1. The summed E-state index contributed by atoms with van der Waals surface area (Å²) in [5.41, 5.74) is 2.18. The molecule has 0 unspecified atom stereocenters. The van der Waals surface area contributed by atoms with Gasteiger partial charge >= 0.3 is 0 Å². The van der Waals surface area contributed by atoms with Crippen LogP contribution in [0.5, 0.6) is 5.75 Å². The molecule has 0 saturated carbocycles. The molecule has 0 spiro atoms. The van der Waals surface area contributed by atoms with E-state index in [4.69, 9.17) is 9.15 Å². The summed E-state index contributed by atoms with van der Waals surface area (Å²) < 4.78 is 11.3. The highest BCUT2D eigenvalue weighted by atomic mass is 32.2. The molecule has 0 aliphatic heterocycles. The average Bonchev–Trinajstić information content (AvgIpc) is 3.32. The fourth-order valence-corrected chi connectivity index (χ4v) is 3.79. The maximum atomic E-state index is 12.2. The number of thioether (sulfide) groups is 1. The van der Waals surface area contributed by atoms with E-state index in [1.807, 2.05) is 49.6 Å². The van der Waals surface area contributed by atoms with E-state index in [0.717, 1.165) is 21.8 Å². The second-order valence-corrected chi connectivity index (χ2v) is 8.10. The first-order chi connectivity index (χ1) is 13.0. The van der Waals surface area contributed by atoms with Crippen LogP contribution in [0.15, 0.2) is 45.4 Å². The number of rotatable bonds is 8. The minimum absolute atomic E-state index is 0.0137. The molecule has 2 aromatic heterocycles. The minimum atomic E-state index is 0.0137. The molecule has 6 nitrogen and oxygen atoms in total. The van der Waals surface area contributed by atoms with Gasteiger partial charge in [0.25, 0.3) is 11.1 Å². The molecule has 0 aliphatic rings. The Balaban J connectivity index is 1.47.